The number of aryl methyl sites for hydroxylation is 1. The Morgan fingerprint density at radius 1 is 1.19 bits per heavy atom. The van der Waals surface area contributed by atoms with E-state index < -0.39 is 0 Å². The van der Waals surface area contributed by atoms with Crippen molar-refractivity contribution in [2.45, 2.75) is 25.8 Å². The van der Waals surface area contributed by atoms with E-state index in [0.717, 1.165) is 29.7 Å². The van der Waals surface area contributed by atoms with Gasteiger partial charge in [-0.2, -0.15) is 4.98 Å². The van der Waals surface area contributed by atoms with Crippen LogP contribution in [-0.2, 0) is 0 Å². The highest BCUT2D eigenvalue weighted by atomic mass is 16.5. The van der Waals surface area contributed by atoms with Gasteiger partial charge in [0.05, 0.1) is 0 Å². The Labute approximate surface area is 151 Å². The number of rotatable bonds is 3. The van der Waals surface area contributed by atoms with E-state index in [4.69, 9.17) is 4.52 Å². The molecule has 1 saturated heterocycles. The molecule has 2 aromatic carbocycles. The van der Waals surface area contributed by atoms with Crippen molar-refractivity contribution >= 4 is 11.7 Å². The SMILES string of the molecule is Cc1cccc(-c2noc([C@@H]3CCCN3C(=O)Nc3ccccc3)n2)c1. The highest BCUT2D eigenvalue weighted by Gasteiger charge is 2.34. The molecule has 132 valence electrons. The van der Waals surface area contributed by atoms with Crippen molar-refractivity contribution < 1.29 is 9.32 Å². The fourth-order valence-electron chi connectivity index (χ4n) is 3.26. The number of nitrogens with one attached hydrogen (secondary N) is 1. The number of aromatic nitrogens is 2. The van der Waals surface area contributed by atoms with Crippen molar-refractivity contribution in [2.24, 2.45) is 0 Å². The average molecular weight is 348 g/mol. The molecule has 1 aromatic heterocycles. The highest BCUT2D eigenvalue weighted by molar-refractivity contribution is 5.89. The van der Waals surface area contributed by atoms with Gasteiger partial charge in [-0.05, 0) is 38.0 Å². The second-order valence-electron chi connectivity index (χ2n) is 6.47. The van der Waals surface area contributed by atoms with E-state index in [9.17, 15) is 4.79 Å². The Hall–Kier alpha value is -3.15. The standard InChI is InChI=1S/C20H20N4O2/c1-14-7-5-8-15(13-14)18-22-19(26-23-18)17-11-6-12-24(17)20(25)21-16-9-3-2-4-10-16/h2-5,7-10,13,17H,6,11-12H2,1H3,(H,21,25)/t17-/m0/s1. The molecule has 6 heteroatoms. The largest absolute Gasteiger partial charge is 0.337 e. The molecule has 0 saturated carbocycles. The summed E-state index contributed by atoms with van der Waals surface area (Å²) in [5.41, 5.74) is 2.82. The maximum atomic E-state index is 12.6. The Morgan fingerprint density at radius 2 is 2.04 bits per heavy atom. The highest BCUT2D eigenvalue weighted by Crippen LogP contribution is 2.32. The fraction of sp³-hybridized carbons (Fsp3) is 0.250. The molecule has 2 amide bonds. The number of urea groups is 1. The van der Waals surface area contributed by atoms with Gasteiger partial charge in [0.15, 0.2) is 0 Å². The number of nitrogens with zero attached hydrogens (tertiary/aromatic N) is 3. The zero-order chi connectivity index (χ0) is 17.9. The van der Waals surface area contributed by atoms with Gasteiger partial charge in [-0.25, -0.2) is 4.79 Å². The number of benzene rings is 2. The Morgan fingerprint density at radius 3 is 2.85 bits per heavy atom. The van der Waals surface area contributed by atoms with Gasteiger partial charge >= 0.3 is 6.03 Å². The van der Waals surface area contributed by atoms with Crippen LogP contribution in [0, 0.1) is 6.92 Å². The molecule has 6 nitrogen and oxygen atoms in total. The minimum Gasteiger partial charge on any atom is -0.337 e. The van der Waals surface area contributed by atoms with Crippen LogP contribution in [0.2, 0.25) is 0 Å². The summed E-state index contributed by atoms with van der Waals surface area (Å²) >= 11 is 0. The molecule has 0 aliphatic carbocycles. The second kappa shape index (κ2) is 7.00. The monoisotopic (exact) mass is 348 g/mol. The van der Waals surface area contributed by atoms with Crippen molar-refractivity contribution in [2.75, 3.05) is 11.9 Å². The summed E-state index contributed by atoms with van der Waals surface area (Å²) in [7, 11) is 0. The van der Waals surface area contributed by atoms with Gasteiger partial charge in [-0.15, -0.1) is 0 Å². The summed E-state index contributed by atoms with van der Waals surface area (Å²) in [6, 6.07) is 17.1. The van der Waals surface area contributed by atoms with Crippen LogP contribution in [0.25, 0.3) is 11.4 Å². The third kappa shape index (κ3) is 3.31. The van der Waals surface area contributed by atoms with E-state index in [1.165, 1.54) is 0 Å². The number of hydrogen-bond donors (Lipinski definition) is 1. The van der Waals surface area contributed by atoms with E-state index in [1.807, 2.05) is 61.5 Å². The van der Waals surface area contributed by atoms with Crippen LogP contribution in [0.5, 0.6) is 0 Å². The summed E-state index contributed by atoms with van der Waals surface area (Å²) in [6.07, 6.45) is 1.73. The van der Waals surface area contributed by atoms with Gasteiger partial charge in [0.2, 0.25) is 11.7 Å². The molecular formula is C20H20N4O2. The second-order valence-corrected chi connectivity index (χ2v) is 6.47. The summed E-state index contributed by atoms with van der Waals surface area (Å²) in [6.45, 7) is 2.70. The number of hydrogen-bond acceptors (Lipinski definition) is 4. The fourth-order valence-corrected chi connectivity index (χ4v) is 3.26. The maximum absolute atomic E-state index is 12.6. The van der Waals surface area contributed by atoms with E-state index in [1.54, 1.807) is 4.90 Å². The Balaban J connectivity index is 1.52. The van der Waals surface area contributed by atoms with Crippen LogP contribution >= 0.6 is 0 Å². The topological polar surface area (TPSA) is 71.3 Å². The minimum atomic E-state index is -0.190. The van der Waals surface area contributed by atoms with E-state index in [-0.39, 0.29) is 12.1 Å². The lowest BCUT2D eigenvalue weighted by Gasteiger charge is -2.22. The first-order valence-electron chi connectivity index (χ1n) is 8.74. The van der Waals surface area contributed by atoms with Gasteiger partial charge in [-0.3, -0.25) is 0 Å². The molecular weight excluding hydrogens is 328 g/mol. The summed E-state index contributed by atoms with van der Waals surface area (Å²) in [4.78, 5) is 19.0. The number of para-hydroxylation sites is 1. The summed E-state index contributed by atoms with van der Waals surface area (Å²) < 4.78 is 5.49. The Kier molecular flexibility index (Phi) is 4.39. The number of likely N-dealkylation sites (tertiary alicyclic amines) is 1. The van der Waals surface area contributed by atoms with Gasteiger partial charge in [0, 0.05) is 17.8 Å². The molecule has 0 bridgehead atoms. The predicted molar refractivity (Wildman–Crippen MR) is 98.6 cm³/mol. The van der Waals surface area contributed by atoms with E-state index in [2.05, 4.69) is 15.5 Å². The molecule has 0 unspecified atom stereocenters. The lowest BCUT2D eigenvalue weighted by atomic mass is 10.1. The molecule has 1 fully saturated rings. The number of carbonyl (C=O) groups is 1. The maximum Gasteiger partial charge on any atom is 0.322 e. The van der Waals surface area contributed by atoms with Gasteiger partial charge < -0.3 is 14.7 Å². The zero-order valence-electron chi connectivity index (χ0n) is 14.6. The van der Waals surface area contributed by atoms with Crippen LogP contribution in [0.3, 0.4) is 0 Å². The van der Waals surface area contributed by atoms with Gasteiger partial charge in [-0.1, -0.05) is 47.1 Å². The normalized spacial score (nSPS) is 16.7. The first-order chi connectivity index (χ1) is 12.7. The molecule has 1 N–H and O–H groups in total. The molecule has 3 aromatic rings. The van der Waals surface area contributed by atoms with Gasteiger partial charge in [0.25, 0.3) is 0 Å². The molecule has 4 rings (SSSR count). The van der Waals surface area contributed by atoms with Crippen LogP contribution < -0.4 is 5.32 Å². The lowest BCUT2D eigenvalue weighted by Crippen LogP contribution is -2.34. The third-order valence-electron chi connectivity index (χ3n) is 4.54. The zero-order valence-corrected chi connectivity index (χ0v) is 14.6. The third-order valence-corrected chi connectivity index (χ3v) is 4.54. The van der Waals surface area contributed by atoms with Crippen molar-refractivity contribution in [1.29, 1.82) is 0 Å². The van der Waals surface area contributed by atoms with Crippen molar-refractivity contribution in [3.63, 3.8) is 0 Å². The molecule has 1 aliphatic rings. The minimum absolute atomic E-state index is 0.144. The average Bonchev–Trinajstić information content (AvgIpc) is 3.32. The summed E-state index contributed by atoms with van der Waals surface area (Å²) in [5.74, 6) is 1.04. The van der Waals surface area contributed by atoms with E-state index in [0.29, 0.717) is 18.3 Å². The Bertz CT molecular complexity index is 907. The number of anilines is 1. The van der Waals surface area contributed by atoms with Crippen molar-refractivity contribution in [3.8, 4) is 11.4 Å². The molecule has 26 heavy (non-hydrogen) atoms. The quantitative estimate of drug-likeness (QED) is 0.761. The molecule has 0 radical (unpaired) electrons. The number of carbonyl (C=O) groups excluding carboxylic acids is 1. The van der Waals surface area contributed by atoms with E-state index >= 15 is 0 Å². The molecule has 0 spiro atoms. The van der Waals surface area contributed by atoms with Crippen LogP contribution in [0.4, 0.5) is 10.5 Å². The predicted octanol–water partition coefficient (Wildman–Crippen LogP) is 4.41. The van der Waals surface area contributed by atoms with Crippen molar-refractivity contribution in [3.05, 3.63) is 66.1 Å². The molecule has 1 aliphatic heterocycles. The molecule has 1 atom stereocenters. The molecule has 2 heterocycles. The smallest absolute Gasteiger partial charge is 0.322 e. The van der Waals surface area contributed by atoms with Crippen LogP contribution in [0.1, 0.15) is 30.3 Å². The summed E-state index contributed by atoms with van der Waals surface area (Å²) in [5, 5.41) is 7.03. The lowest BCUT2D eigenvalue weighted by molar-refractivity contribution is 0.193. The van der Waals surface area contributed by atoms with Crippen LogP contribution in [0.15, 0.2) is 59.1 Å². The number of amides is 2. The first-order valence-corrected chi connectivity index (χ1v) is 8.74. The van der Waals surface area contributed by atoms with Gasteiger partial charge in [0.1, 0.15) is 6.04 Å². The van der Waals surface area contributed by atoms with Crippen LogP contribution in [-0.4, -0.2) is 27.6 Å². The first kappa shape index (κ1) is 16.3. The van der Waals surface area contributed by atoms with Crippen molar-refractivity contribution in [1.82, 2.24) is 15.0 Å².